The average molecular weight is 269 g/mol. The van der Waals surface area contributed by atoms with Crippen LogP contribution in [0, 0.1) is 0 Å². The van der Waals surface area contributed by atoms with Gasteiger partial charge < -0.3 is 5.32 Å². The molecule has 0 spiro atoms. The quantitative estimate of drug-likeness (QED) is 0.854. The standard InChI is InChI=1S/C13H14F3N3/c1-12(2,3)19-11-10-8(4-5-17-11)6-9(7-18-10)13(14,15)16/h4-7H,1-3H3,(H,17,19). The van der Waals surface area contributed by atoms with Crippen LogP contribution >= 0.6 is 0 Å². The molecule has 2 rings (SSSR count). The highest BCUT2D eigenvalue weighted by molar-refractivity contribution is 5.88. The van der Waals surface area contributed by atoms with E-state index in [0.717, 1.165) is 12.3 Å². The monoisotopic (exact) mass is 269 g/mol. The van der Waals surface area contributed by atoms with Crippen molar-refractivity contribution < 1.29 is 13.2 Å². The zero-order valence-corrected chi connectivity index (χ0v) is 10.8. The third-order valence-electron chi connectivity index (χ3n) is 2.42. The van der Waals surface area contributed by atoms with Gasteiger partial charge >= 0.3 is 6.18 Å². The van der Waals surface area contributed by atoms with Crippen LogP contribution in [0.25, 0.3) is 10.9 Å². The first kappa shape index (κ1) is 13.6. The van der Waals surface area contributed by atoms with Crippen molar-refractivity contribution in [1.29, 1.82) is 0 Å². The summed E-state index contributed by atoms with van der Waals surface area (Å²) in [6.07, 6.45) is -2.09. The van der Waals surface area contributed by atoms with Crippen LogP contribution in [-0.4, -0.2) is 15.5 Å². The number of halogens is 3. The van der Waals surface area contributed by atoms with E-state index >= 15 is 0 Å². The third kappa shape index (κ3) is 3.13. The smallest absolute Gasteiger partial charge is 0.364 e. The van der Waals surface area contributed by atoms with Crippen molar-refractivity contribution in [1.82, 2.24) is 9.97 Å². The number of pyridine rings is 2. The van der Waals surface area contributed by atoms with E-state index in [1.54, 1.807) is 0 Å². The molecule has 19 heavy (non-hydrogen) atoms. The lowest BCUT2D eigenvalue weighted by molar-refractivity contribution is -0.137. The first-order chi connectivity index (χ1) is 8.67. The van der Waals surface area contributed by atoms with Gasteiger partial charge in [-0.1, -0.05) is 0 Å². The molecular formula is C13H14F3N3. The Morgan fingerprint density at radius 3 is 2.37 bits per heavy atom. The Morgan fingerprint density at radius 1 is 1.11 bits per heavy atom. The molecule has 0 fully saturated rings. The van der Waals surface area contributed by atoms with E-state index < -0.39 is 11.7 Å². The second-order valence-electron chi connectivity index (χ2n) is 5.33. The van der Waals surface area contributed by atoms with Gasteiger partial charge in [-0.25, -0.2) is 4.98 Å². The number of hydrogen-bond donors (Lipinski definition) is 1. The molecule has 3 nitrogen and oxygen atoms in total. The summed E-state index contributed by atoms with van der Waals surface area (Å²) in [6.45, 7) is 5.83. The predicted octanol–water partition coefficient (Wildman–Crippen LogP) is 3.86. The Labute approximate surface area is 108 Å². The molecule has 1 N–H and O–H groups in total. The molecule has 2 aromatic rings. The van der Waals surface area contributed by atoms with Crippen LogP contribution in [0.5, 0.6) is 0 Å². The van der Waals surface area contributed by atoms with Gasteiger partial charge in [0.15, 0.2) is 5.82 Å². The SMILES string of the molecule is CC(C)(C)Nc1nccc2cc(C(F)(F)F)cnc12. The van der Waals surface area contributed by atoms with Gasteiger partial charge in [-0.2, -0.15) is 13.2 Å². The molecule has 0 bridgehead atoms. The van der Waals surface area contributed by atoms with E-state index in [1.807, 2.05) is 20.8 Å². The van der Waals surface area contributed by atoms with Gasteiger partial charge in [-0.3, -0.25) is 4.98 Å². The number of nitrogens with one attached hydrogen (secondary N) is 1. The zero-order chi connectivity index (χ0) is 14.3. The van der Waals surface area contributed by atoms with Crippen LogP contribution in [0.2, 0.25) is 0 Å². The average Bonchev–Trinajstić information content (AvgIpc) is 2.25. The number of anilines is 1. The number of aromatic nitrogens is 2. The van der Waals surface area contributed by atoms with Gasteiger partial charge in [0.1, 0.15) is 5.52 Å². The first-order valence-corrected chi connectivity index (χ1v) is 5.77. The summed E-state index contributed by atoms with van der Waals surface area (Å²) >= 11 is 0. The largest absolute Gasteiger partial charge is 0.417 e. The van der Waals surface area contributed by atoms with Crippen LogP contribution in [0.1, 0.15) is 26.3 Å². The number of hydrogen-bond acceptors (Lipinski definition) is 3. The molecule has 0 unspecified atom stereocenters. The molecule has 0 atom stereocenters. The van der Waals surface area contributed by atoms with Crippen molar-refractivity contribution in [3.63, 3.8) is 0 Å². The summed E-state index contributed by atoms with van der Waals surface area (Å²) < 4.78 is 37.8. The number of alkyl halides is 3. The Kier molecular flexibility index (Phi) is 3.12. The molecule has 2 aromatic heterocycles. The normalized spacial score (nSPS) is 12.7. The summed E-state index contributed by atoms with van der Waals surface area (Å²) in [5.74, 6) is 0.485. The van der Waals surface area contributed by atoms with Crippen molar-refractivity contribution in [3.05, 3.63) is 30.1 Å². The molecule has 0 saturated heterocycles. The maximum absolute atomic E-state index is 12.6. The Hall–Kier alpha value is -1.85. The topological polar surface area (TPSA) is 37.8 Å². The lowest BCUT2D eigenvalue weighted by Gasteiger charge is -2.22. The second-order valence-corrected chi connectivity index (χ2v) is 5.33. The van der Waals surface area contributed by atoms with E-state index in [4.69, 9.17) is 0 Å². The highest BCUT2D eigenvalue weighted by Gasteiger charge is 2.31. The van der Waals surface area contributed by atoms with Gasteiger partial charge in [-0.15, -0.1) is 0 Å². The van der Waals surface area contributed by atoms with Gasteiger partial charge in [0.05, 0.1) is 5.56 Å². The van der Waals surface area contributed by atoms with Crippen LogP contribution < -0.4 is 5.32 Å². The number of rotatable bonds is 1. The molecule has 0 amide bonds. The molecule has 0 aromatic carbocycles. The zero-order valence-electron chi connectivity index (χ0n) is 10.8. The molecular weight excluding hydrogens is 255 g/mol. The maximum atomic E-state index is 12.6. The third-order valence-corrected chi connectivity index (χ3v) is 2.42. The predicted molar refractivity (Wildman–Crippen MR) is 67.9 cm³/mol. The van der Waals surface area contributed by atoms with E-state index in [-0.39, 0.29) is 5.54 Å². The van der Waals surface area contributed by atoms with Crippen LogP contribution in [0.3, 0.4) is 0 Å². The van der Waals surface area contributed by atoms with Crippen molar-refractivity contribution in [2.45, 2.75) is 32.5 Å². The maximum Gasteiger partial charge on any atom is 0.417 e. The summed E-state index contributed by atoms with van der Waals surface area (Å²) in [6, 6.07) is 2.60. The molecule has 2 heterocycles. The van der Waals surface area contributed by atoms with Crippen LogP contribution in [-0.2, 0) is 6.18 Å². The van der Waals surface area contributed by atoms with E-state index in [2.05, 4.69) is 15.3 Å². The molecule has 0 aliphatic rings. The Morgan fingerprint density at radius 2 is 1.79 bits per heavy atom. The highest BCUT2D eigenvalue weighted by atomic mass is 19.4. The second kappa shape index (κ2) is 4.36. The summed E-state index contributed by atoms with van der Waals surface area (Å²) in [5.41, 5.74) is -0.565. The molecule has 6 heteroatoms. The summed E-state index contributed by atoms with van der Waals surface area (Å²) in [5, 5.41) is 3.54. The molecule has 0 aliphatic carbocycles. The number of fused-ring (bicyclic) bond motifs is 1. The fourth-order valence-electron chi connectivity index (χ4n) is 1.66. The Balaban J connectivity index is 2.53. The minimum absolute atomic E-state index is 0.244. The van der Waals surface area contributed by atoms with Crippen molar-refractivity contribution in [2.75, 3.05) is 5.32 Å². The van der Waals surface area contributed by atoms with Crippen LogP contribution in [0.15, 0.2) is 24.5 Å². The minimum atomic E-state index is -4.39. The van der Waals surface area contributed by atoms with E-state index in [9.17, 15) is 13.2 Å². The molecule has 0 aliphatic heterocycles. The lowest BCUT2D eigenvalue weighted by atomic mass is 10.1. The summed E-state index contributed by atoms with van der Waals surface area (Å²) in [4.78, 5) is 8.02. The summed E-state index contributed by atoms with van der Waals surface area (Å²) in [7, 11) is 0. The number of nitrogens with zero attached hydrogens (tertiary/aromatic N) is 2. The van der Waals surface area contributed by atoms with Crippen molar-refractivity contribution >= 4 is 16.7 Å². The van der Waals surface area contributed by atoms with E-state index in [0.29, 0.717) is 16.7 Å². The van der Waals surface area contributed by atoms with E-state index in [1.165, 1.54) is 12.3 Å². The van der Waals surface area contributed by atoms with Crippen LogP contribution in [0.4, 0.5) is 19.0 Å². The highest BCUT2D eigenvalue weighted by Crippen LogP contribution is 2.31. The lowest BCUT2D eigenvalue weighted by Crippen LogP contribution is -2.26. The minimum Gasteiger partial charge on any atom is -0.364 e. The fraction of sp³-hybridized carbons (Fsp3) is 0.385. The molecule has 102 valence electrons. The van der Waals surface area contributed by atoms with Gasteiger partial charge in [-0.05, 0) is 32.9 Å². The van der Waals surface area contributed by atoms with Gasteiger partial charge in [0.25, 0.3) is 0 Å². The fourth-order valence-corrected chi connectivity index (χ4v) is 1.66. The van der Waals surface area contributed by atoms with Crippen molar-refractivity contribution in [3.8, 4) is 0 Å². The molecule has 0 saturated carbocycles. The van der Waals surface area contributed by atoms with Crippen molar-refractivity contribution in [2.24, 2.45) is 0 Å². The van der Waals surface area contributed by atoms with Gasteiger partial charge in [0, 0.05) is 23.3 Å². The first-order valence-electron chi connectivity index (χ1n) is 5.77. The Bertz CT molecular complexity index is 600. The van der Waals surface area contributed by atoms with Gasteiger partial charge in [0.2, 0.25) is 0 Å². The molecule has 0 radical (unpaired) electrons.